The molecule has 0 aliphatic carbocycles. The van der Waals surface area contributed by atoms with Gasteiger partial charge in [0.2, 0.25) is 0 Å². The molecule has 5 heteroatoms. The largest absolute Gasteiger partial charge is 0.261 e. The SMILES string of the molecule is Cc1ncccc1-c1ccc(-c2cc(-c3ccc(-c4cnccn4)cc3)cc(-c3nc(-c4ccccc4)cc(-c4ccccc4)n3)c2)cc1. The summed E-state index contributed by atoms with van der Waals surface area (Å²) in [6, 6.07) is 50.5. The molecule has 232 valence electrons. The second kappa shape index (κ2) is 13.3. The Balaban J connectivity index is 1.28. The highest BCUT2D eigenvalue weighted by molar-refractivity contribution is 5.82. The smallest absolute Gasteiger partial charge is 0.160 e. The molecule has 0 bridgehead atoms. The van der Waals surface area contributed by atoms with Crippen LogP contribution in [0.4, 0.5) is 0 Å². The number of aryl methyl sites for hydroxylation is 1. The van der Waals surface area contributed by atoms with Crippen molar-refractivity contribution in [1.82, 2.24) is 24.9 Å². The summed E-state index contributed by atoms with van der Waals surface area (Å²) < 4.78 is 0. The molecule has 0 N–H and O–H groups in total. The molecule has 0 spiro atoms. The standard InChI is InChI=1S/C44H31N5/c1-30-40(13-8-22-46-30)33-18-14-31(15-19-33)37-25-38(32-16-20-36(21-17-32)43-29-45-23-24-47-43)27-39(26-37)44-48-41(34-9-4-2-5-10-34)28-42(49-44)35-11-6-3-7-12-35/h2-29H,1H3. The Hall–Kier alpha value is -6.59. The first-order chi connectivity index (χ1) is 24.2. The van der Waals surface area contributed by atoms with Crippen molar-refractivity contribution in [2.45, 2.75) is 6.92 Å². The van der Waals surface area contributed by atoms with E-state index in [4.69, 9.17) is 9.97 Å². The Kier molecular flexibility index (Phi) is 8.06. The van der Waals surface area contributed by atoms with E-state index in [9.17, 15) is 0 Å². The minimum absolute atomic E-state index is 0.669. The molecule has 3 aromatic heterocycles. The van der Waals surface area contributed by atoms with Gasteiger partial charge in [0.25, 0.3) is 0 Å². The van der Waals surface area contributed by atoms with Gasteiger partial charge in [-0.25, -0.2) is 9.97 Å². The van der Waals surface area contributed by atoms with Crippen LogP contribution >= 0.6 is 0 Å². The number of nitrogens with zero attached hydrogens (tertiary/aromatic N) is 5. The zero-order chi connectivity index (χ0) is 33.0. The van der Waals surface area contributed by atoms with E-state index in [0.29, 0.717) is 5.82 Å². The summed E-state index contributed by atoms with van der Waals surface area (Å²) in [7, 11) is 0. The van der Waals surface area contributed by atoms with Crippen molar-refractivity contribution < 1.29 is 0 Å². The van der Waals surface area contributed by atoms with Crippen molar-refractivity contribution in [3.8, 4) is 78.5 Å². The second-order valence-corrected chi connectivity index (χ2v) is 11.9. The van der Waals surface area contributed by atoms with Crippen LogP contribution in [0.2, 0.25) is 0 Å². The minimum Gasteiger partial charge on any atom is -0.261 e. The molecule has 0 saturated carbocycles. The van der Waals surface area contributed by atoms with E-state index < -0.39 is 0 Å². The van der Waals surface area contributed by atoms with E-state index in [1.807, 2.05) is 55.6 Å². The van der Waals surface area contributed by atoms with Crippen LogP contribution in [-0.4, -0.2) is 24.9 Å². The highest BCUT2D eigenvalue weighted by Crippen LogP contribution is 2.35. The van der Waals surface area contributed by atoms with E-state index in [1.165, 1.54) is 0 Å². The maximum atomic E-state index is 5.15. The first kappa shape index (κ1) is 29.8. The molecule has 0 atom stereocenters. The molecular weight excluding hydrogens is 599 g/mol. The van der Waals surface area contributed by atoms with E-state index in [-0.39, 0.29) is 0 Å². The third kappa shape index (κ3) is 6.38. The van der Waals surface area contributed by atoms with E-state index >= 15 is 0 Å². The Morgan fingerprint density at radius 2 is 0.898 bits per heavy atom. The fraction of sp³-hybridized carbons (Fsp3) is 0.0227. The molecule has 0 aliphatic rings. The van der Waals surface area contributed by atoms with E-state index in [1.54, 1.807) is 18.6 Å². The number of pyridine rings is 1. The van der Waals surface area contributed by atoms with Crippen molar-refractivity contribution >= 4 is 0 Å². The highest BCUT2D eigenvalue weighted by atomic mass is 14.9. The Morgan fingerprint density at radius 3 is 1.45 bits per heavy atom. The summed E-state index contributed by atoms with van der Waals surface area (Å²) in [4.78, 5) is 23.5. The fourth-order valence-corrected chi connectivity index (χ4v) is 6.09. The summed E-state index contributed by atoms with van der Waals surface area (Å²) in [5.41, 5.74) is 14.2. The quantitative estimate of drug-likeness (QED) is 0.175. The van der Waals surface area contributed by atoms with Crippen LogP contribution in [0.5, 0.6) is 0 Å². The average molecular weight is 630 g/mol. The van der Waals surface area contributed by atoms with E-state index in [0.717, 1.165) is 78.4 Å². The molecule has 49 heavy (non-hydrogen) atoms. The number of aromatic nitrogens is 5. The second-order valence-electron chi connectivity index (χ2n) is 11.9. The van der Waals surface area contributed by atoms with Crippen molar-refractivity contribution in [2.24, 2.45) is 0 Å². The maximum absolute atomic E-state index is 5.15. The van der Waals surface area contributed by atoms with Crippen LogP contribution in [0.25, 0.3) is 78.5 Å². The summed E-state index contributed by atoms with van der Waals surface area (Å²) in [5, 5.41) is 0. The Morgan fingerprint density at radius 1 is 0.367 bits per heavy atom. The highest BCUT2D eigenvalue weighted by Gasteiger charge is 2.14. The van der Waals surface area contributed by atoms with Gasteiger partial charge in [0.1, 0.15) is 0 Å². The summed E-state index contributed by atoms with van der Waals surface area (Å²) in [5.74, 6) is 0.669. The number of rotatable bonds is 7. The molecule has 5 nitrogen and oxygen atoms in total. The minimum atomic E-state index is 0.669. The third-order valence-corrected chi connectivity index (χ3v) is 8.67. The molecule has 0 aliphatic heterocycles. The number of hydrogen-bond donors (Lipinski definition) is 0. The van der Waals surface area contributed by atoms with Crippen molar-refractivity contribution in [3.63, 3.8) is 0 Å². The zero-order valence-corrected chi connectivity index (χ0v) is 26.9. The van der Waals surface area contributed by atoms with Crippen LogP contribution in [-0.2, 0) is 0 Å². The van der Waals surface area contributed by atoms with Crippen molar-refractivity contribution in [3.05, 3.63) is 176 Å². The lowest BCUT2D eigenvalue weighted by Crippen LogP contribution is -1.97. The molecule has 0 unspecified atom stereocenters. The van der Waals surface area contributed by atoms with Gasteiger partial charge in [-0.15, -0.1) is 0 Å². The first-order valence-corrected chi connectivity index (χ1v) is 16.2. The van der Waals surface area contributed by atoms with Crippen LogP contribution < -0.4 is 0 Å². The molecular formula is C44H31N5. The van der Waals surface area contributed by atoms with Gasteiger partial charge in [-0.1, -0.05) is 115 Å². The Bertz CT molecular complexity index is 2300. The third-order valence-electron chi connectivity index (χ3n) is 8.67. The predicted molar refractivity (Wildman–Crippen MR) is 198 cm³/mol. The zero-order valence-electron chi connectivity index (χ0n) is 26.9. The summed E-state index contributed by atoms with van der Waals surface area (Å²) in [6.07, 6.45) is 7.02. The summed E-state index contributed by atoms with van der Waals surface area (Å²) >= 11 is 0. The number of hydrogen-bond acceptors (Lipinski definition) is 5. The van der Waals surface area contributed by atoms with Crippen LogP contribution in [0.1, 0.15) is 5.69 Å². The topological polar surface area (TPSA) is 64.5 Å². The molecule has 3 heterocycles. The molecule has 0 saturated heterocycles. The molecule has 0 radical (unpaired) electrons. The van der Waals surface area contributed by atoms with Crippen LogP contribution in [0, 0.1) is 6.92 Å². The molecule has 8 aromatic rings. The summed E-state index contributed by atoms with van der Waals surface area (Å²) in [6.45, 7) is 2.04. The molecule has 0 amide bonds. The number of benzene rings is 5. The molecule has 8 rings (SSSR count). The lowest BCUT2D eigenvalue weighted by atomic mass is 9.94. The van der Waals surface area contributed by atoms with Gasteiger partial charge in [-0.3, -0.25) is 15.0 Å². The fourth-order valence-electron chi connectivity index (χ4n) is 6.09. The molecule has 5 aromatic carbocycles. The van der Waals surface area contributed by atoms with Crippen LogP contribution in [0.15, 0.2) is 170 Å². The predicted octanol–water partition coefficient (Wildman–Crippen LogP) is 10.6. The van der Waals surface area contributed by atoms with Gasteiger partial charge in [-0.05, 0) is 65.1 Å². The van der Waals surface area contributed by atoms with Crippen molar-refractivity contribution in [2.75, 3.05) is 0 Å². The van der Waals surface area contributed by atoms with Gasteiger partial charge in [0.15, 0.2) is 5.82 Å². The maximum Gasteiger partial charge on any atom is 0.160 e. The monoisotopic (exact) mass is 629 g/mol. The molecule has 0 fully saturated rings. The van der Waals surface area contributed by atoms with Gasteiger partial charge in [0, 0.05) is 52.1 Å². The lowest BCUT2D eigenvalue weighted by molar-refractivity contribution is 1.18. The van der Waals surface area contributed by atoms with Crippen LogP contribution in [0.3, 0.4) is 0 Å². The Labute approximate surface area is 285 Å². The lowest BCUT2D eigenvalue weighted by Gasteiger charge is -2.14. The average Bonchev–Trinajstić information content (AvgIpc) is 3.19. The normalized spacial score (nSPS) is 11.0. The van der Waals surface area contributed by atoms with Gasteiger partial charge >= 0.3 is 0 Å². The van der Waals surface area contributed by atoms with E-state index in [2.05, 4.69) is 118 Å². The van der Waals surface area contributed by atoms with Gasteiger partial charge in [-0.2, -0.15) is 0 Å². The van der Waals surface area contributed by atoms with Crippen molar-refractivity contribution in [1.29, 1.82) is 0 Å². The van der Waals surface area contributed by atoms with Gasteiger partial charge in [0.05, 0.1) is 23.3 Å². The van der Waals surface area contributed by atoms with Gasteiger partial charge < -0.3 is 0 Å². The first-order valence-electron chi connectivity index (χ1n) is 16.2.